The maximum atomic E-state index is 6.31. The van der Waals surface area contributed by atoms with E-state index < -0.39 is 0 Å². The molecule has 174 valence electrons. The maximum absolute atomic E-state index is 6.31. The van der Waals surface area contributed by atoms with Crippen molar-refractivity contribution in [3.05, 3.63) is 60.1 Å². The number of nitrogens with zero attached hydrogens (tertiary/aromatic N) is 2. The van der Waals surface area contributed by atoms with Crippen LogP contribution in [0.1, 0.15) is 61.8 Å². The first-order valence-electron chi connectivity index (χ1n) is 12.1. The minimum Gasteiger partial charge on any atom is -0.439 e. The Morgan fingerprint density at radius 3 is 2.16 bits per heavy atom. The zero-order valence-corrected chi connectivity index (χ0v) is 21.9. The molecule has 0 saturated carbocycles. The van der Waals surface area contributed by atoms with Crippen LogP contribution in [0.5, 0.6) is 5.75 Å². The van der Waals surface area contributed by atoms with Gasteiger partial charge in [-0.3, -0.25) is 0 Å². The average Bonchev–Trinajstić information content (AvgIpc) is 3.24. The summed E-state index contributed by atoms with van der Waals surface area (Å²) in [5, 5.41) is 0. The molecule has 1 saturated heterocycles. The lowest BCUT2D eigenvalue weighted by atomic mass is 9.86. The standard InChI is InChI=1S/C28H40N2OS/c1-10-19(6)27-23(22(9)29(28(27)32)20(7)17(2)3)15-16-26-30(21(8)18(4)5)24-13-11-12-14-25(24)31-26/h11-21,27H,9-10H2,1-8H3/b23-15-,26-16+. The van der Waals surface area contributed by atoms with Crippen molar-refractivity contribution in [1.82, 2.24) is 4.90 Å². The summed E-state index contributed by atoms with van der Waals surface area (Å²) in [6.07, 6.45) is 5.41. The van der Waals surface area contributed by atoms with Crippen molar-refractivity contribution in [2.24, 2.45) is 23.7 Å². The summed E-state index contributed by atoms with van der Waals surface area (Å²) in [5.74, 6) is 3.44. The van der Waals surface area contributed by atoms with Gasteiger partial charge in [0.05, 0.1) is 10.7 Å². The van der Waals surface area contributed by atoms with Crippen LogP contribution in [-0.4, -0.2) is 22.0 Å². The molecule has 2 aliphatic heterocycles. The zero-order chi connectivity index (χ0) is 23.7. The van der Waals surface area contributed by atoms with Crippen LogP contribution in [0, 0.1) is 23.7 Å². The quantitative estimate of drug-likeness (QED) is 0.396. The Kier molecular flexibility index (Phi) is 7.54. The predicted octanol–water partition coefficient (Wildman–Crippen LogP) is 7.56. The molecule has 0 aromatic heterocycles. The Hall–Kier alpha value is -2.07. The highest BCUT2D eigenvalue weighted by molar-refractivity contribution is 7.80. The molecule has 4 atom stereocenters. The number of allylic oxidation sites excluding steroid dienone is 3. The summed E-state index contributed by atoms with van der Waals surface area (Å²) >= 11 is 6.02. The molecule has 3 nitrogen and oxygen atoms in total. The molecule has 0 amide bonds. The molecular weight excluding hydrogens is 412 g/mol. The summed E-state index contributed by atoms with van der Waals surface area (Å²) in [6, 6.07) is 8.93. The van der Waals surface area contributed by atoms with Crippen LogP contribution in [0.4, 0.5) is 5.69 Å². The van der Waals surface area contributed by atoms with Crippen LogP contribution >= 0.6 is 12.2 Å². The third-order valence-electron chi connectivity index (χ3n) is 7.40. The summed E-state index contributed by atoms with van der Waals surface area (Å²) in [7, 11) is 0. The number of ether oxygens (including phenoxy) is 1. The maximum Gasteiger partial charge on any atom is 0.200 e. The number of thiocarbonyl (C=S) groups is 1. The Morgan fingerprint density at radius 2 is 1.56 bits per heavy atom. The first-order chi connectivity index (χ1) is 15.1. The van der Waals surface area contributed by atoms with Crippen molar-refractivity contribution in [3.63, 3.8) is 0 Å². The van der Waals surface area contributed by atoms with Gasteiger partial charge in [0.15, 0.2) is 5.75 Å². The molecule has 2 aliphatic rings. The molecule has 1 aromatic rings. The molecule has 0 bridgehead atoms. The number of hydrogen-bond donors (Lipinski definition) is 0. The Morgan fingerprint density at radius 1 is 0.969 bits per heavy atom. The number of hydrogen-bond acceptors (Lipinski definition) is 3. The van der Waals surface area contributed by atoms with Gasteiger partial charge in [0.1, 0.15) is 0 Å². The fraction of sp³-hybridized carbons (Fsp3) is 0.536. The van der Waals surface area contributed by atoms with Crippen molar-refractivity contribution >= 4 is 22.9 Å². The van der Waals surface area contributed by atoms with Gasteiger partial charge in [0, 0.05) is 23.7 Å². The van der Waals surface area contributed by atoms with Gasteiger partial charge < -0.3 is 14.5 Å². The van der Waals surface area contributed by atoms with Crippen molar-refractivity contribution in [2.45, 2.75) is 73.9 Å². The number of fused-ring (bicyclic) bond motifs is 1. The first kappa shape index (κ1) is 24.6. The molecule has 4 heteroatoms. The number of anilines is 1. The lowest BCUT2D eigenvalue weighted by Crippen LogP contribution is -2.37. The van der Waals surface area contributed by atoms with Gasteiger partial charge in [0.25, 0.3) is 0 Å². The molecule has 32 heavy (non-hydrogen) atoms. The minimum atomic E-state index is 0.209. The Balaban J connectivity index is 2.04. The fourth-order valence-corrected chi connectivity index (χ4v) is 5.12. The van der Waals surface area contributed by atoms with Gasteiger partial charge in [-0.15, -0.1) is 0 Å². The van der Waals surface area contributed by atoms with Crippen molar-refractivity contribution in [3.8, 4) is 5.75 Å². The van der Waals surface area contributed by atoms with E-state index in [-0.39, 0.29) is 5.92 Å². The van der Waals surface area contributed by atoms with Gasteiger partial charge in [0.2, 0.25) is 5.88 Å². The molecule has 3 rings (SSSR count). The lowest BCUT2D eigenvalue weighted by molar-refractivity contribution is 0.329. The van der Waals surface area contributed by atoms with E-state index in [0.717, 1.165) is 34.4 Å². The van der Waals surface area contributed by atoms with Crippen LogP contribution in [0.25, 0.3) is 0 Å². The molecule has 1 aromatic carbocycles. The van der Waals surface area contributed by atoms with E-state index in [1.54, 1.807) is 0 Å². The van der Waals surface area contributed by atoms with E-state index in [0.29, 0.717) is 29.8 Å². The fourth-order valence-electron chi connectivity index (χ4n) is 4.48. The zero-order valence-electron chi connectivity index (χ0n) is 21.1. The molecule has 0 radical (unpaired) electrons. The second kappa shape index (κ2) is 9.82. The Labute approximate surface area is 200 Å². The average molecular weight is 453 g/mol. The largest absolute Gasteiger partial charge is 0.439 e. The normalized spacial score (nSPS) is 24.0. The predicted molar refractivity (Wildman–Crippen MR) is 141 cm³/mol. The molecule has 4 unspecified atom stereocenters. The van der Waals surface area contributed by atoms with E-state index in [2.05, 4.69) is 96.1 Å². The topological polar surface area (TPSA) is 15.7 Å². The first-order valence-corrected chi connectivity index (χ1v) is 12.5. The molecule has 1 fully saturated rings. The lowest BCUT2D eigenvalue weighted by Gasteiger charge is -2.31. The van der Waals surface area contributed by atoms with Crippen molar-refractivity contribution < 1.29 is 4.74 Å². The summed E-state index contributed by atoms with van der Waals surface area (Å²) in [5.41, 5.74) is 3.39. The van der Waals surface area contributed by atoms with Gasteiger partial charge >= 0.3 is 0 Å². The highest BCUT2D eigenvalue weighted by Gasteiger charge is 2.41. The SMILES string of the molecule is C=C1/C(=C/C=C2/Oc3ccccc3N2C(C)C(C)C)C(C(C)CC)C(=S)N1C(C)C(C)C. The highest BCUT2D eigenvalue weighted by atomic mass is 32.1. The van der Waals surface area contributed by atoms with Crippen LogP contribution < -0.4 is 9.64 Å². The second-order valence-electron chi connectivity index (χ2n) is 10.1. The number of likely N-dealkylation sites (tertiary alicyclic amines) is 1. The van der Waals surface area contributed by atoms with E-state index >= 15 is 0 Å². The third-order valence-corrected chi connectivity index (χ3v) is 7.85. The number of para-hydroxylation sites is 2. The van der Waals surface area contributed by atoms with E-state index in [4.69, 9.17) is 17.0 Å². The summed E-state index contributed by atoms with van der Waals surface area (Å²) in [4.78, 5) is 5.62. The second-order valence-corrected chi connectivity index (χ2v) is 10.5. The van der Waals surface area contributed by atoms with Crippen LogP contribution in [0.15, 0.2) is 60.1 Å². The van der Waals surface area contributed by atoms with E-state index in [1.807, 2.05) is 12.1 Å². The van der Waals surface area contributed by atoms with Crippen molar-refractivity contribution in [1.29, 1.82) is 0 Å². The summed E-state index contributed by atoms with van der Waals surface area (Å²) in [6.45, 7) is 22.5. The van der Waals surface area contributed by atoms with Crippen LogP contribution in [0.3, 0.4) is 0 Å². The molecule has 0 N–H and O–H groups in total. The number of rotatable bonds is 7. The summed E-state index contributed by atoms with van der Waals surface area (Å²) < 4.78 is 6.31. The smallest absolute Gasteiger partial charge is 0.200 e. The highest BCUT2D eigenvalue weighted by Crippen LogP contribution is 2.44. The minimum absolute atomic E-state index is 0.209. The van der Waals surface area contributed by atoms with Crippen molar-refractivity contribution in [2.75, 3.05) is 4.90 Å². The third kappa shape index (κ3) is 4.39. The van der Waals surface area contributed by atoms with Crippen LogP contribution in [0.2, 0.25) is 0 Å². The monoisotopic (exact) mass is 452 g/mol. The van der Waals surface area contributed by atoms with Gasteiger partial charge in [-0.1, -0.05) is 85.0 Å². The number of benzene rings is 1. The van der Waals surface area contributed by atoms with Gasteiger partial charge in [-0.05, 0) is 55.4 Å². The van der Waals surface area contributed by atoms with E-state index in [1.165, 1.54) is 5.57 Å². The molecular formula is C28H40N2OS. The molecule has 0 aliphatic carbocycles. The van der Waals surface area contributed by atoms with Crippen LogP contribution in [-0.2, 0) is 0 Å². The molecule has 0 spiro atoms. The Bertz CT molecular complexity index is 929. The molecule has 2 heterocycles. The van der Waals surface area contributed by atoms with Gasteiger partial charge in [-0.25, -0.2) is 0 Å². The van der Waals surface area contributed by atoms with Gasteiger partial charge in [-0.2, -0.15) is 0 Å². The van der Waals surface area contributed by atoms with E-state index in [9.17, 15) is 0 Å².